The average Bonchev–Trinajstić information content (AvgIpc) is 2.73. The SMILES string of the molecule is COC(=O)/C(=N/OC(F)F)c1ccccc1CON=C(C)c1cccc(C(F)(F)F)c1. The number of methoxy groups -OCH3 is 1. The summed E-state index contributed by atoms with van der Waals surface area (Å²) >= 11 is 0. The molecule has 11 heteroatoms. The molecule has 0 N–H and O–H groups in total. The maximum absolute atomic E-state index is 12.9. The molecular formula is C20H17F5N2O4. The summed E-state index contributed by atoms with van der Waals surface area (Å²) in [6.45, 7) is -2.03. The van der Waals surface area contributed by atoms with E-state index in [0.29, 0.717) is 5.56 Å². The summed E-state index contributed by atoms with van der Waals surface area (Å²) < 4.78 is 67.8. The van der Waals surface area contributed by atoms with Crippen LogP contribution in [0, 0.1) is 0 Å². The number of rotatable bonds is 8. The molecular weight excluding hydrogens is 427 g/mol. The molecule has 0 radical (unpaired) electrons. The Morgan fingerprint density at radius 1 is 1.06 bits per heavy atom. The first kappa shape index (κ1) is 23.8. The predicted molar refractivity (Wildman–Crippen MR) is 101 cm³/mol. The van der Waals surface area contributed by atoms with Crippen LogP contribution in [-0.2, 0) is 32.0 Å². The van der Waals surface area contributed by atoms with Crippen molar-refractivity contribution in [3.05, 3.63) is 70.8 Å². The summed E-state index contributed by atoms with van der Waals surface area (Å²) in [7, 11) is 1.04. The van der Waals surface area contributed by atoms with Gasteiger partial charge in [-0.3, -0.25) is 0 Å². The van der Waals surface area contributed by atoms with Gasteiger partial charge >= 0.3 is 18.8 Å². The number of nitrogens with zero attached hydrogens (tertiary/aromatic N) is 2. The van der Waals surface area contributed by atoms with Crippen molar-refractivity contribution in [3.8, 4) is 0 Å². The highest BCUT2D eigenvalue weighted by Crippen LogP contribution is 2.29. The largest absolute Gasteiger partial charge is 0.464 e. The molecule has 0 spiro atoms. The van der Waals surface area contributed by atoms with Gasteiger partial charge in [0.15, 0.2) is 5.71 Å². The van der Waals surface area contributed by atoms with Crippen molar-refractivity contribution >= 4 is 17.4 Å². The van der Waals surface area contributed by atoms with E-state index in [9.17, 15) is 26.7 Å². The van der Waals surface area contributed by atoms with Crippen LogP contribution in [0.2, 0.25) is 0 Å². The monoisotopic (exact) mass is 444 g/mol. The predicted octanol–water partition coefficient (Wildman–Crippen LogP) is 4.76. The number of esters is 1. The van der Waals surface area contributed by atoms with Gasteiger partial charge in [-0.05, 0) is 24.6 Å². The highest BCUT2D eigenvalue weighted by atomic mass is 19.4. The molecule has 31 heavy (non-hydrogen) atoms. The number of alkyl halides is 5. The molecule has 166 valence electrons. The Bertz CT molecular complexity index is 974. The van der Waals surface area contributed by atoms with E-state index in [4.69, 9.17) is 4.84 Å². The Kier molecular flexibility index (Phi) is 8.06. The molecule has 0 fully saturated rings. The van der Waals surface area contributed by atoms with Crippen molar-refractivity contribution in [2.24, 2.45) is 10.3 Å². The van der Waals surface area contributed by atoms with Gasteiger partial charge in [-0.15, -0.1) is 0 Å². The van der Waals surface area contributed by atoms with E-state index in [2.05, 4.69) is 19.9 Å². The minimum Gasteiger partial charge on any atom is -0.464 e. The molecule has 0 saturated carbocycles. The number of carbonyl (C=O) groups excluding carboxylic acids is 1. The lowest BCUT2D eigenvalue weighted by molar-refractivity contribution is -0.138. The van der Waals surface area contributed by atoms with E-state index in [-0.39, 0.29) is 23.4 Å². The van der Waals surface area contributed by atoms with E-state index in [1.165, 1.54) is 37.3 Å². The van der Waals surface area contributed by atoms with Crippen LogP contribution in [0.3, 0.4) is 0 Å². The van der Waals surface area contributed by atoms with Gasteiger partial charge in [0.2, 0.25) is 0 Å². The number of benzene rings is 2. The van der Waals surface area contributed by atoms with E-state index < -0.39 is 30.0 Å². The lowest BCUT2D eigenvalue weighted by Crippen LogP contribution is -2.20. The molecule has 0 atom stereocenters. The second-order valence-corrected chi connectivity index (χ2v) is 5.98. The summed E-state index contributed by atoms with van der Waals surface area (Å²) in [5, 5.41) is 6.94. The number of hydrogen-bond donors (Lipinski definition) is 0. The first-order valence-electron chi connectivity index (χ1n) is 8.66. The fourth-order valence-electron chi connectivity index (χ4n) is 2.43. The van der Waals surface area contributed by atoms with Crippen molar-refractivity contribution in [3.63, 3.8) is 0 Å². The summed E-state index contributed by atoms with van der Waals surface area (Å²) in [5.41, 5.74) is -0.549. The first-order valence-corrected chi connectivity index (χ1v) is 8.66. The molecule has 0 aliphatic carbocycles. The van der Waals surface area contributed by atoms with Crippen LogP contribution in [0.15, 0.2) is 58.8 Å². The van der Waals surface area contributed by atoms with Crippen molar-refractivity contribution in [2.45, 2.75) is 26.3 Å². The molecule has 2 aromatic rings. The second-order valence-electron chi connectivity index (χ2n) is 5.98. The van der Waals surface area contributed by atoms with Gasteiger partial charge in [0.1, 0.15) is 6.61 Å². The number of ether oxygens (including phenoxy) is 1. The van der Waals surface area contributed by atoms with Crippen LogP contribution in [-0.4, -0.2) is 31.1 Å². The van der Waals surface area contributed by atoms with E-state index in [0.717, 1.165) is 19.2 Å². The Balaban J connectivity index is 2.23. The maximum atomic E-state index is 12.9. The second kappa shape index (κ2) is 10.5. The van der Waals surface area contributed by atoms with Crippen LogP contribution >= 0.6 is 0 Å². The molecule has 0 unspecified atom stereocenters. The molecule has 0 heterocycles. The minimum atomic E-state index is -4.50. The van der Waals surface area contributed by atoms with Crippen LogP contribution in [0.4, 0.5) is 22.0 Å². The van der Waals surface area contributed by atoms with Gasteiger partial charge in [-0.25, -0.2) is 4.79 Å². The molecule has 2 rings (SSSR count). The molecule has 0 aliphatic heterocycles. The molecule has 2 aromatic carbocycles. The van der Waals surface area contributed by atoms with Crippen molar-refractivity contribution in [1.29, 1.82) is 0 Å². The summed E-state index contributed by atoms with van der Waals surface area (Å²) in [4.78, 5) is 21.0. The molecule has 0 aliphatic rings. The van der Waals surface area contributed by atoms with Crippen molar-refractivity contribution < 1.29 is 41.2 Å². The lowest BCUT2D eigenvalue weighted by Gasteiger charge is -2.11. The first-order chi connectivity index (χ1) is 14.6. The van der Waals surface area contributed by atoms with Gasteiger partial charge in [-0.1, -0.05) is 46.7 Å². The highest BCUT2D eigenvalue weighted by Gasteiger charge is 2.30. The van der Waals surface area contributed by atoms with E-state index in [1.54, 1.807) is 6.07 Å². The number of hydrogen-bond acceptors (Lipinski definition) is 6. The molecule has 0 bridgehead atoms. The van der Waals surface area contributed by atoms with E-state index in [1.807, 2.05) is 0 Å². The van der Waals surface area contributed by atoms with Crippen LogP contribution in [0.5, 0.6) is 0 Å². The number of halogens is 5. The Morgan fingerprint density at radius 2 is 1.77 bits per heavy atom. The van der Waals surface area contributed by atoms with Crippen molar-refractivity contribution in [1.82, 2.24) is 0 Å². The highest BCUT2D eigenvalue weighted by molar-refractivity contribution is 6.43. The summed E-state index contributed by atoms with van der Waals surface area (Å²) in [6, 6.07) is 10.6. The van der Waals surface area contributed by atoms with Crippen molar-refractivity contribution in [2.75, 3.05) is 7.11 Å². The number of oxime groups is 2. The fourth-order valence-corrected chi connectivity index (χ4v) is 2.43. The fraction of sp³-hybridized carbons (Fsp3) is 0.250. The summed E-state index contributed by atoms with van der Waals surface area (Å²) in [5.74, 6) is -1.02. The Morgan fingerprint density at radius 3 is 2.42 bits per heavy atom. The topological polar surface area (TPSA) is 69.5 Å². The smallest absolute Gasteiger partial charge is 0.416 e. The molecule has 0 amide bonds. The number of carbonyl (C=O) groups is 1. The molecule has 6 nitrogen and oxygen atoms in total. The van der Waals surface area contributed by atoms with Gasteiger partial charge < -0.3 is 14.4 Å². The lowest BCUT2D eigenvalue weighted by atomic mass is 10.0. The molecule has 0 saturated heterocycles. The van der Waals surface area contributed by atoms with Gasteiger partial charge in [0, 0.05) is 11.1 Å². The zero-order chi connectivity index (χ0) is 23.0. The third-order valence-corrected chi connectivity index (χ3v) is 3.90. The normalized spacial score (nSPS) is 12.6. The third-order valence-electron chi connectivity index (χ3n) is 3.90. The minimum absolute atomic E-state index is 0.0990. The maximum Gasteiger partial charge on any atom is 0.416 e. The quantitative estimate of drug-likeness (QED) is 0.255. The van der Waals surface area contributed by atoms with Gasteiger partial charge in [0.25, 0.3) is 0 Å². The third kappa shape index (κ3) is 6.76. The standard InChI is InChI=1S/C20H17F5N2O4/c1-12(13-7-5-8-15(10-13)20(23,24)25)26-30-11-14-6-3-4-9-16(14)17(18(28)29-2)27-31-19(21)22/h3-10,19H,11H2,1-2H3/b26-12?,27-17+. The average molecular weight is 444 g/mol. The van der Waals surface area contributed by atoms with Gasteiger partial charge in [0.05, 0.1) is 18.4 Å². The van der Waals surface area contributed by atoms with E-state index >= 15 is 0 Å². The Labute approximate surface area is 173 Å². The zero-order valence-electron chi connectivity index (χ0n) is 16.3. The van der Waals surface area contributed by atoms with Crippen LogP contribution < -0.4 is 0 Å². The Hall–Kier alpha value is -3.50. The summed E-state index contributed by atoms with van der Waals surface area (Å²) in [6.07, 6.45) is -4.50. The molecule has 0 aromatic heterocycles. The van der Waals surface area contributed by atoms with Crippen LogP contribution in [0.1, 0.15) is 29.2 Å². The zero-order valence-corrected chi connectivity index (χ0v) is 16.3. The van der Waals surface area contributed by atoms with Gasteiger partial charge in [-0.2, -0.15) is 22.0 Å². The van der Waals surface area contributed by atoms with Crippen LogP contribution in [0.25, 0.3) is 0 Å².